The van der Waals surface area contributed by atoms with Crippen molar-refractivity contribution in [2.75, 3.05) is 37.6 Å². The van der Waals surface area contributed by atoms with Crippen LogP contribution in [-0.4, -0.2) is 60.4 Å². The molecule has 1 fully saturated rings. The molecule has 0 aliphatic carbocycles. The van der Waals surface area contributed by atoms with Gasteiger partial charge in [-0.25, -0.2) is 0 Å². The molecule has 0 aromatic heterocycles. The van der Waals surface area contributed by atoms with Crippen molar-refractivity contribution in [2.45, 2.75) is 26.3 Å². The third-order valence-electron chi connectivity index (χ3n) is 4.73. The van der Waals surface area contributed by atoms with Crippen molar-refractivity contribution in [3.05, 3.63) is 29.8 Å². The number of fused-ring (bicyclic) bond motifs is 1. The minimum atomic E-state index is -0.372. The monoisotopic (exact) mass is 301 g/mol. The van der Waals surface area contributed by atoms with Gasteiger partial charge in [0.05, 0.1) is 0 Å². The van der Waals surface area contributed by atoms with E-state index in [1.165, 1.54) is 6.92 Å². The Kier molecular flexibility index (Phi) is 4.16. The van der Waals surface area contributed by atoms with Crippen LogP contribution in [0.15, 0.2) is 24.3 Å². The molecule has 2 heterocycles. The fourth-order valence-corrected chi connectivity index (χ4v) is 3.47. The summed E-state index contributed by atoms with van der Waals surface area (Å²) in [7, 11) is 0. The quantitative estimate of drug-likeness (QED) is 0.822. The Labute approximate surface area is 131 Å². The number of anilines is 1. The molecule has 118 valence electrons. The normalized spacial score (nSPS) is 21.8. The zero-order valence-electron chi connectivity index (χ0n) is 13.3. The molecule has 1 aromatic carbocycles. The minimum Gasteiger partial charge on any atom is -0.338 e. The standard InChI is InChI=1S/C17H23N3O2/c1-3-18-8-10-19(11-9-18)17(22)16-12-14-6-4-5-7-15(14)20(16)13(2)21/h4-7,16H,3,8-12H2,1-2H3/t16-/m1/s1. The predicted octanol–water partition coefficient (Wildman–Crippen LogP) is 1.13. The lowest BCUT2D eigenvalue weighted by atomic mass is 10.1. The average Bonchev–Trinajstić information content (AvgIpc) is 2.94. The molecule has 0 spiro atoms. The SMILES string of the molecule is CCN1CCN(C(=O)[C@H]2Cc3ccccc3N2C(C)=O)CC1. The highest BCUT2D eigenvalue weighted by Gasteiger charge is 2.39. The highest BCUT2D eigenvalue weighted by Crippen LogP contribution is 2.33. The van der Waals surface area contributed by atoms with Crippen molar-refractivity contribution < 1.29 is 9.59 Å². The summed E-state index contributed by atoms with van der Waals surface area (Å²) in [6.45, 7) is 8.05. The van der Waals surface area contributed by atoms with Gasteiger partial charge in [-0.2, -0.15) is 0 Å². The second-order valence-electron chi connectivity index (χ2n) is 6.00. The van der Waals surface area contributed by atoms with E-state index >= 15 is 0 Å². The fraction of sp³-hybridized carbons (Fsp3) is 0.529. The summed E-state index contributed by atoms with van der Waals surface area (Å²) in [6.07, 6.45) is 0.628. The number of benzene rings is 1. The maximum atomic E-state index is 12.9. The maximum absolute atomic E-state index is 12.9. The molecule has 1 atom stereocenters. The van der Waals surface area contributed by atoms with Gasteiger partial charge in [0, 0.05) is 45.2 Å². The first kappa shape index (κ1) is 15.0. The van der Waals surface area contributed by atoms with E-state index in [0.29, 0.717) is 6.42 Å². The number of carbonyl (C=O) groups is 2. The van der Waals surface area contributed by atoms with Crippen LogP contribution in [-0.2, 0) is 16.0 Å². The van der Waals surface area contributed by atoms with Gasteiger partial charge in [-0.15, -0.1) is 0 Å². The first-order valence-corrected chi connectivity index (χ1v) is 8.00. The molecule has 1 saturated heterocycles. The molecule has 5 heteroatoms. The van der Waals surface area contributed by atoms with Gasteiger partial charge in [0.25, 0.3) is 0 Å². The number of amides is 2. The lowest BCUT2D eigenvalue weighted by molar-refractivity contribution is -0.135. The average molecular weight is 301 g/mol. The Morgan fingerprint density at radius 2 is 1.82 bits per heavy atom. The molecule has 2 amide bonds. The molecule has 2 aliphatic rings. The highest BCUT2D eigenvalue weighted by molar-refractivity contribution is 6.02. The summed E-state index contributed by atoms with van der Waals surface area (Å²) in [6, 6.07) is 7.45. The van der Waals surface area contributed by atoms with Gasteiger partial charge in [-0.05, 0) is 18.2 Å². The van der Waals surface area contributed by atoms with Gasteiger partial charge < -0.3 is 9.80 Å². The summed E-state index contributed by atoms with van der Waals surface area (Å²) in [5.41, 5.74) is 1.98. The molecule has 2 aliphatic heterocycles. The third-order valence-corrected chi connectivity index (χ3v) is 4.73. The molecule has 0 saturated carbocycles. The zero-order chi connectivity index (χ0) is 15.7. The van der Waals surface area contributed by atoms with Crippen LogP contribution in [0.3, 0.4) is 0 Å². The van der Waals surface area contributed by atoms with Crippen LogP contribution >= 0.6 is 0 Å². The summed E-state index contributed by atoms with van der Waals surface area (Å²) in [4.78, 5) is 30.9. The number of likely N-dealkylation sites (N-methyl/N-ethyl adjacent to an activating group) is 1. The molecule has 22 heavy (non-hydrogen) atoms. The minimum absolute atomic E-state index is 0.0597. The summed E-state index contributed by atoms with van der Waals surface area (Å²) in [5, 5.41) is 0. The van der Waals surface area contributed by atoms with Crippen LogP contribution < -0.4 is 4.90 Å². The summed E-state index contributed by atoms with van der Waals surface area (Å²) < 4.78 is 0. The fourth-order valence-electron chi connectivity index (χ4n) is 3.47. The second-order valence-corrected chi connectivity index (χ2v) is 6.00. The van der Waals surface area contributed by atoms with E-state index in [2.05, 4.69) is 11.8 Å². The van der Waals surface area contributed by atoms with Gasteiger partial charge in [-0.3, -0.25) is 14.5 Å². The number of para-hydroxylation sites is 1. The van der Waals surface area contributed by atoms with Crippen LogP contribution in [0.4, 0.5) is 5.69 Å². The number of hydrogen-bond donors (Lipinski definition) is 0. The summed E-state index contributed by atoms with van der Waals surface area (Å²) >= 11 is 0. The van der Waals surface area contributed by atoms with Crippen LogP contribution in [0.25, 0.3) is 0 Å². The predicted molar refractivity (Wildman–Crippen MR) is 85.8 cm³/mol. The molecular weight excluding hydrogens is 278 g/mol. The Morgan fingerprint density at radius 3 is 2.45 bits per heavy atom. The number of piperazine rings is 1. The maximum Gasteiger partial charge on any atom is 0.246 e. The van der Waals surface area contributed by atoms with E-state index < -0.39 is 0 Å². The van der Waals surface area contributed by atoms with Gasteiger partial charge in [0.15, 0.2) is 0 Å². The van der Waals surface area contributed by atoms with Gasteiger partial charge in [-0.1, -0.05) is 25.1 Å². The molecule has 0 N–H and O–H groups in total. The van der Waals surface area contributed by atoms with E-state index in [-0.39, 0.29) is 17.9 Å². The lowest BCUT2D eigenvalue weighted by Crippen LogP contribution is -2.55. The molecule has 0 unspecified atom stereocenters. The first-order chi connectivity index (χ1) is 10.6. The Morgan fingerprint density at radius 1 is 1.14 bits per heavy atom. The topological polar surface area (TPSA) is 43.9 Å². The number of carbonyl (C=O) groups excluding carboxylic acids is 2. The smallest absolute Gasteiger partial charge is 0.246 e. The summed E-state index contributed by atoms with van der Waals surface area (Å²) in [5.74, 6) is 0.0256. The molecule has 0 bridgehead atoms. The van der Waals surface area contributed by atoms with Gasteiger partial charge >= 0.3 is 0 Å². The molecule has 1 aromatic rings. The molecular formula is C17H23N3O2. The van der Waals surface area contributed by atoms with Crippen LogP contribution in [0.5, 0.6) is 0 Å². The van der Waals surface area contributed by atoms with E-state index in [0.717, 1.165) is 44.0 Å². The van der Waals surface area contributed by atoms with Crippen molar-refractivity contribution in [3.8, 4) is 0 Å². The van der Waals surface area contributed by atoms with Crippen LogP contribution in [0, 0.1) is 0 Å². The number of nitrogens with zero attached hydrogens (tertiary/aromatic N) is 3. The highest BCUT2D eigenvalue weighted by atomic mass is 16.2. The van der Waals surface area contributed by atoms with E-state index in [4.69, 9.17) is 0 Å². The lowest BCUT2D eigenvalue weighted by Gasteiger charge is -2.36. The van der Waals surface area contributed by atoms with Crippen LogP contribution in [0.2, 0.25) is 0 Å². The number of hydrogen-bond acceptors (Lipinski definition) is 3. The zero-order valence-corrected chi connectivity index (χ0v) is 13.3. The Balaban J connectivity index is 1.77. The van der Waals surface area contributed by atoms with Gasteiger partial charge in [0.2, 0.25) is 11.8 Å². The van der Waals surface area contributed by atoms with E-state index in [1.807, 2.05) is 29.2 Å². The second kappa shape index (κ2) is 6.08. The first-order valence-electron chi connectivity index (χ1n) is 8.00. The van der Waals surface area contributed by atoms with Crippen molar-refractivity contribution in [1.82, 2.24) is 9.80 Å². The molecule has 3 rings (SSSR count). The van der Waals surface area contributed by atoms with Crippen molar-refractivity contribution in [1.29, 1.82) is 0 Å². The van der Waals surface area contributed by atoms with Gasteiger partial charge in [0.1, 0.15) is 6.04 Å². The van der Waals surface area contributed by atoms with Crippen molar-refractivity contribution in [3.63, 3.8) is 0 Å². The number of rotatable bonds is 2. The Bertz CT molecular complexity index is 579. The largest absolute Gasteiger partial charge is 0.338 e. The third kappa shape index (κ3) is 2.61. The molecule has 5 nitrogen and oxygen atoms in total. The van der Waals surface area contributed by atoms with Crippen molar-refractivity contribution >= 4 is 17.5 Å². The van der Waals surface area contributed by atoms with Crippen molar-refractivity contribution in [2.24, 2.45) is 0 Å². The van der Waals surface area contributed by atoms with E-state index in [1.54, 1.807) is 4.90 Å². The van der Waals surface area contributed by atoms with E-state index in [9.17, 15) is 9.59 Å². The molecule has 0 radical (unpaired) electrons. The Hall–Kier alpha value is -1.88. The van der Waals surface area contributed by atoms with Crippen LogP contribution in [0.1, 0.15) is 19.4 Å².